The van der Waals surface area contributed by atoms with Crippen molar-refractivity contribution in [2.24, 2.45) is 0 Å². The Morgan fingerprint density at radius 2 is 1.65 bits per heavy atom. The van der Waals surface area contributed by atoms with Crippen LogP contribution in [0.3, 0.4) is 0 Å². The van der Waals surface area contributed by atoms with Crippen LogP contribution in [0.5, 0.6) is 0 Å². The predicted octanol–water partition coefficient (Wildman–Crippen LogP) is 3.73. The predicted molar refractivity (Wildman–Crippen MR) is 103 cm³/mol. The number of anilines is 1. The van der Waals surface area contributed by atoms with E-state index in [2.05, 4.69) is 5.32 Å². The Bertz CT molecular complexity index is 916. The topological polar surface area (TPSA) is 66.5 Å². The van der Waals surface area contributed by atoms with Crippen LogP contribution in [-0.2, 0) is 10.0 Å². The molecule has 0 spiro atoms. The van der Waals surface area contributed by atoms with Crippen molar-refractivity contribution in [2.45, 2.75) is 38.0 Å². The fourth-order valence-electron chi connectivity index (χ4n) is 3.23. The molecule has 2 aromatic rings. The second-order valence-electron chi connectivity index (χ2n) is 6.71. The SMILES string of the molecule is Cc1ccccc1NC(=O)c1ccc(S(=O)(=O)N2CCCCC2)c(C)c1. The lowest BCUT2D eigenvalue weighted by molar-refractivity contribution is 0.102. The summed E-state index contributed by atoms with van der Waals surface area (Å²) in [4.78, 5) is 12.8. The molecule has 6 heteroatoms. The Kier molecular flexibility index (Phi) is 5.44. The zero-order valence-electron chi connectivity index (χ0n) is 15.2. The molecule has 0 atom stereocenters. The van der Waals surface area contributed by atoms with Gasteiger partial charge in [-0.25, -0.2) is 8.42 Å². The number of piperidine rings is 1. The summed E-state index contributed by atoms with van der Waals surface area (Å²) < 4.78 is 27.2. The van der Waals surface area contributed by atoms with Gasteiger partial charge in [0.15, 0.2) is 0 Å². The first-order valence-electron chi connectivity index (χ1n) is 8.87. The smallest absolute Gasteiger partial charge is 0.255 e. The highest BCUT2D eigenvalue weighted by Crippen LogP contribution is 2.24. The van der Waals surface area contributed by atoms with Gasteiger partial charge < -0.3 is 5.32 Å². The highest BCUT2D eigenvalue weighted by atomic mass is 32.2. The maximum Gasteiger partial charge on any atom is 0.255 e. The molecule has 3 rings (SSSR count). The number of nitrogens with one attached hydrogen (secondary N) is 1. The van der Waals surface area contributed by atoms with Crippen molar-refractivity contribution in [3.05, 3.63) is 59.2 Å². The van der Waals surface area contributed by atoms with E-state index in [0.717, 1.165) is 30.5 Å². The molecule has 1 aliphatic heterocycles. The Morgan fingerprint density at radius 1 is 0.962 bits per heavy atom. The van der Waals surface area contributed by atoms with Gasteiger partial charge in [0, 0.05) is 24.3 Å². The van der Waals surface area contributed by atoms with Crippen molar-refractivity contribution >= 4 is 21.6 Å². The Hall–Kier alpha value is -2.18. The van der Waals surface area contributed by atoms with E-state index in [-0.39, 0.29) is 10.8 Å². The van der Waals surface area contributed by atoms with Gasteiger partial charge in [-0.2, -0.15) is 4.31 Å². The van der Waals surface area contributed by atoms with Crippen molar-refractivity contribution in [3.8, 4) is 0 Å². The van der Waals surface area contributed by atoms with Gasteiger partial charge >= 0.3 is 0 Å². The highest BCUT2D eigenvalue weighted by molar-refractivity contribution is 7.89. The molecule has 0 aromatic heterocycles. The molecule has 26 heavy (non-hydrogen) atoms. The summed E-state index contributed by atoms with van der Waals surface area (Å²) in [6, 6.07) is 12.3. The molecule has 1 fully saturated rings. The van der Waals surface area contributed by atoms with Gasteiger partial charge in [-0.3, -0.25) is 4.79 Å². The number of carbonyl (C=O) groups is 1. The molecular formula is C20H24N2O3S. The van der Waals surface area contributed by atoms with Crippen molar-refractivity contribution in [1.82, 2.24) is 4.31 Å². The first-order valence-corrected chi connectivity index (χ1v) is 10.3. The normalized spacial score (nSPS) is 15.6. The van der Waals surface area contributed by atoms with Crippen LogP contribution in [0.25, 0.3) is 0 Å². The third kappa shape index (κ3) is 3.81. The summed E-state index contributed by atoms with van der Waals surface area (Å²) in [5.74, 6) is -0.246. The number of rotatable bonds is 4. The van der Waals surface area contributed by atoms with Crippen molar-refractivity contribution < 1.29 is 13.2 Å². The summed E-state index contributed by atoms with van der Waals surface area (Å²) in [6.45, 7) is 4.80. The lowest BCUT2D eigenvalue weighted by Gasteiger charge is -2.26. The van der Waals surface area contributed by atoms with Crippen LogP contribution in [0.1, 0.15) is 40.7 Å². The maximum absolute atomic E-state index is 12.9. The largest absolute Gasteiger partial charge is 0.322 e. The number of amides is 1. The number of benzene rings is 2. The second-order valence-corrected chi connectivity index (χ2v) is 8.62. The molecule has 0 bridgehead atoms. The number of carbonyl (C=O) groups excluding carboxylic acids is 1. The van der Waals surface area contributed by atoms with Crippen LogP contribution in [-0.4, -0.2) is 31.7 Å². The van der Waals surface area contributed by atoms with Gasteiger partial charge in [0.1, 0.15) is 0 Å². The van der Waals surface area contributed by atoms with Gasteiger partial charge in [-0.15, -0.1) is 0 Å². The molecule has 1 aliphatic rings. The van der Waals surface area contributed by atoms with Crippen molar-refractivity contribution in [1.29, 1.82) is 0 Å². The van der Waals surface area contributed by atoms with Gasteiger partial charge in [0.2, 0.25) is 10.0 Å². The van der Waals surface area contributed by atoms with Gasteiger partial charge in [0.25, 0.3) is 5.91 Å². The summed E-state index contributed by atoms with van der Waals surface area (Å²) in [7, 11) is -3.50. The van der Waals surface area contributed by atoms with Crippen LogP contribution in [0.2, 0.25) is 0 Å². The van der Waals surface area contributed by atoms with E-state index >= 15 is 0 Å². The van der Waals surface area contributed by atoms with Crippen LogP contribution in [0, 0.1) is 13.8 Å². The first-order chi connectivity index (χ1) is 12.4. The molecule has 1 heterocycles. The molecule has 5 nitrogen and oxygen atoms in total. The molecule has 0 unspecified atom stereocenters. The van der Waals surface area contributed by atoms with E-state index in [1.165, 1.54) is 0 Å². The number of para-hydroxylation sites is 1. The monoisotopic (exact) mass is 372 g/mol. The molecule has 138 valence electrons. The molecule has 1 amide bonds. The molecule has 0 aliphatic carbocycles. The lowest BCUT2D eigenvalue weighted by Crippen LogP contribution is -2.36. The van der Waals surface area contributed by atoms with Gasteiger partial charge in [-0.05, 0) is 62.1 Å². The number of sulfonamides is 1. The third-order valence-corrected chi connectivity index (χ3v) is 6.82. The van der Waals surface area contributed by atoms with Gasteiger partial charge in [-0.1, -0.05) is 24.6 Å². The van der Waals surface area contributed by atoms with Crippen LogP contribution in [0.15, 0.2) is 47.4 Å². The Morgan fingerprint density at radius 3 is 2.31 bits per heavy atom. The van der Waals surface area contributed by atoms with Crippen LogP contribution >= 0.6 is 0 Å². The zero-order chi connectivity index (χ0) is 18.7. The average molecular weight is 372 g/mol. The zero-order valence-corrected chi connectivity index (χ0v) is 16.0. The molecular weight excluding hydrogens is 348 g/mol. The summed E-state index contributed by atoms with van der Waals surface area (Å²) >= 11 is 0. The van der Waals surface area contributed by atoms with E-state index in [1.54, 1.807) is 29.4 Å². The van der Waals surface area contributed by atoms with Crippen LogP contribution < -0.4 is 5.32 Å². The minimum Gasteiger partial charge on any atom is -0.322 e. The third-order valence-electron chi connectivity index (χ3n) is 4.76. The van der Waals surface area contributed by atoms with E-state index < -0.39 is 10.0 Å². The molecule has 1 saturated heterocycles. The van der Waals surface area contributed by atoms with Gasteiger partial charge in [0.05, 0.1) is 4.90 Å². The van der Waals surface area contributed by atoms with E-state index in [1.807, 2.05) is 31.2 Å². The first kappa shape index (κ1) is 18.6. The molecule has 2 aromatic carbocycles. The lowest BCUT2D eigenvalue weighted by atomic mass is 10.1. The fraction of sp³-hybridized carbons (Fsp3) is 0.350. The Balaban J connectivity index is 1.83. The van der Waals surface area contributed by atoms with E-state index in [9.17, 15) is 13.2 Å². The molecule has 0 saturated carbocycles. The number of aryl methyl sites for hydroxylation is 2. The average Bonchev–Trinajstić information content (AvgIpc) is 2.64. The molecule has 0 radical (unpaired) electrons. The van der Waals surface area contributed by atoms with Crippen molar-refractivity contribution in [2.75, 3.05) is 18.4 Å². The minimum atomic E-state index is -3.50. The Labute approximate surface area is 155 Å². The van der Waals surface area contributed by atoms with Crippen molar-refractivity contribution in [3.63, 3.8) is 0 Å². The summed E-state index contributed by atoms with van der Waals surface area (Å²) in [5.41, 5.74) is 2.76. The van der Waals surface area contributed by atoms with E-state index in [4.69, 9.17) is 0 Å². The summed E-state index contributed by atoms with van der Waals surface area (Å²) in [6.07, 6.45) is 2.87. The number of nitrogens with zero attached hydrogens (tertiary/aromatic N) is 1. The molecule has 1 N–H and O–H groups in total. The quantitative estimate of drug-likeness (QED) is 0.889. The number of hydrogen-bond donors (Lipinski definition) is 1. The van der Waals surface area contributed by atoms with Crippen LogP contribution in [0.4, 0.5) is 5.69 Å². The number of hydrogen-bond acceptors (Lipinski definition) is 3. The van der Waals surface area contributed by atoms with E-state index in [0.29, 0.717) is 24.2 Å². The maximum atomic E-state index is 12.9. The minimum absolute atomic E-state index is 0.246. The fourth-order valence-corrected chi connectivity index (χ4v) is 4.95. The standard InChI is InChI=1S/C20H24N2O3S/c1-15-8-4-5-9-18(15)21-20(23)17-10-11-19(16(2)14-17)26(24,25)22-12-6-3-7-13-22/h4-5,8-11,14H,3,6-7,12-13H2,1-2H3,(H,21,23). The summed E-state index contributed by atoms with van der Waals surface area (Å²) in [5, 5.41) is 2.88. The highest BCUT2D eigenvalue weighted by Gasteiger charge is 2.27. The second kappa shape index (κ2) is 7.60.